The Labute approximate surface area is 90.2 Å². The summed E-state index contributed by atoms with van der Waals surface area (Å²) in [6.07, 6.45) is 0.819. The number of aromatic nitrogens is 2. The Bertz CT molecular complexity index is 347. The van der Waals surface area contributed by atoms with Crippen molar-refractivity contribution in [2.45, 2.75) is 18.6 Å². The quantitative estimate of drug-likeness (QED) is 0.476. The minimum absolute atomic E-state index is 0.184. The molecule has 1 N–H and O–H groups in total. The summed E-state index contributed by atoms with van der Waals surface area (Å²) in [7, 11) is 0. The Morgan fingerprint density at radius 3 is 3.14 bits per heavy atom. The van der Waals surface area contributed by atoms with Gasteiger partial charge in [-0.05, 0) is 18.6 Å². The minimum atomic E-state index is -0.277. The Balaban J connectivity index is 2.27. The maximum atomic E-state index is 11.0. The Morgan fingerprint density at radius 2 is 2.57 bits per heavy atom. The number of nitrogens with zero attached hydrogens (tertiary/aromatic N) is 1. The number of esters is 1. The summed E-state index contributed by atoms with van der Waals surface area (Å²) in [5.74, 6) is -0.0932. The van der Waals surface area contributed by atoms with Crippen molar-refractivity contribution in [3.63, 3.8) is 0 Å². The second kappa shape index (κ2) is 5.82. The third-order valence-corrected chi connectivity index (χ3v) is 2.18. The number of aromatic amines is 1. The van der Waals surface area contributed by atoms with E-state index in [0.717, 1.165) is 18.2 Å². The number of hydrogen-bond donors (Lipinski definition) is 1. The van der Waals surface area contributed by atoms with E-state index in [0.29, 0.717) is 11.8 Å². The highest BCUT2D eigenvalue weighted by atomic mass is 32.2. The lowest BCUT2D eigenvalue weighted by atomic mass is 10.5. The first-order valence-electron chi connectivity index (χ1n) is 4.06. The molecule has 0 radical (unpaired) electrons. The van der Waals surface area contributed by atoms with Crippen LogP contribution in [0.2, 0.25) is 0 Å². The number of rotatable bonds is 5. The van der Waals surface area contributed by atoms with Gasteiger partial charge in [0, 0.05) is 0 Å². The van der Waals surface area contributed by atoms with Crippen LogP contribution in [0, 0.1) is 4.84 Å². The van der Waals surface area contributed by atoms with Gasteiger partial charge in [0.05, 0.1) is 6.61 Å². The Kier molecular flexibility index (Phi) is 4.68. The molecule has 0 fully saturated rings. The van der Waals surface area contributed by atoms with Crippen LogP contribution < -0.4 is 0 Å². The molecule has 0 saturated carbocycles. The molecule has 1 aromatic rings. The van der Waals surface area contributed by atoms with Crippen LogP contribution in [0.4, 0.5) is 0 Å². The summed E-state index contributed by atoms with van der Waals surface area (Å²) >= 11 is 5.82. The molecule has 0 atom stereocenters. The zero-order valence-electron chi connectivity index (χ0n) is 7.61. The van der Waals surface area contributed by atoms with E-state index in [4.69, 9.17) is 9.15 Å². The topological polar surface area (TPSA) is 68.1 Å². The van der Waals surface area contributed by atoms with Crippen molar-refractivity contribution in [3.05, 3.63) is 4.84 Å². The normalized spacial score (nSPS) is 10.1. The molecule has 0 aliphatic carbocycles. The van der Waals surface area contributed by atoms with Crippen LogP contribution in [0.1, 0.15) is 13.3 Å². The van der Waals surface area contributed by atoms with Gasteiger partial charge in [-0.2, -0.15) is 0 Å². The van der Waals surface area contributed by atoms with Crippen molar-refractivity contribution in [3.8, 4) is 0 Å². The molecule has 5 nitrogen and oxygen atoms in total. The van der Waals surface area contributed by atoms with Crippen LogP contribution >= 0.6 is 24.0 Å². The van der Waals surface area contributed by atoms with Crippen molar-refractivity contribution >= 4 is 29.9 Å². The second-order valence-electron chi connectivity index (χ2n) is 2.39. The van der Waals surface area contributed by atoms with Gasteiger partial charge in [-0.3, -0.25) is 4.79 Å². The average molecular weight is 234 g/mol. The third kappa shape index (κ3) is 3.93. The highest BCUT2D eigenvalue weighted by molar-refractivity contribution is 7.99. The monoisotopic (exact) mass is 234 g/mol. The van der Waals surface area contributed by atoms with E-state index in [-0.39, 0.29) is 16.6 Å². The van der Waals surface area contributed by atoms with Crippen molar-refractivity contribution in [1.82, 2.24) is 10.2 Å². The van der Waals surface area contributed by atoms with E-state index < -0.39 is 0 Å². The lowest BCUT2D eigenvalue weighted by Crippen LogP contribution is -2.07. The largest absolute Gasteiger partial charge is 0.465 e. The Hall–Kier alpha value is -0.820. The van der Waals surface area contributed by atoms with Gasteiger partial charge < -0.3 is 9.15 Å². The van der Waals surface area contributed by atoms with Crippen LogP contribution in [0.15, 0.2) is 9.64 Å². The molecule has 14 heavy (non-hydrogen) atoms. The van der Waals surface area contributed by atoms with Gasteiger partial charge >= 0.3 is 5.97 Å². The molecule has 7 heteroatoms. The third-order valence-electron chi connectivity index (χ3n) is 1.20. The molecule has 0 spiro atoms. The predicted octanol–water partition coefficient (Wildman–Crippen LogP) is 1.78. The predicted molar refractivity (Wildman–Crippen MR) is 53.7 cm³/mol. The molecule has 1 aromatic heterocycles. The van der Waals surface area contributed by atoms with Gasteiger partial charge in [0.15, 0.2) is 0 Å². The van der Waals surface area contributed by atoms with Gasteiger partial charge in [0.25, 0.3) is 10.1 Å². The number of nitrogens with one attached hydrogen (secondary N) is 1. The van der Waals surface area contributed by atoms with Crippen molar-refractivity contribution in [2.75, 3.05) is 12.4 Å². The zero-order chi connectivity index (χ0) is 10.4. The van der Waals surface area contributed by atoms with E-state index in [1.165, 1.54) is 0 Å². The van der Waals surface area contributed by atoms with E-state index in [9.17, 15) is 4.79 Å². The molecule has 0 amide bonds. The molecule has 0 bridgehead atoms. The first kappa shape index (κ1) is 11.3. The second-order valence-corrected chi connectivity index (χ2v) is 3.69. The maximum absolute atomic E-state index is 11.0. The number of carbonyl (C=O) groups is 1. The van der Waals surface area contributed by atoms with Crippen LogP contribution in [0.5, 0.6) is 0 Å². The van der Waals surface area contributed by atoms with Gasteiger partial charge in [-0.15, -0.1) is 5.10 Å². The fourth-order valence-corrected chi connectivity index (χ4v) is 1.41. The molecule has 0 aliphatic heterocycles. The van der Waals surface area contributed by atoms with Gasteiger partial charge in [-0.25, -0.2) is 5.10 Å². The van der Waals surface area contributed by atoms with Crippen LogP contribution in [0.25, 0.3) is 0 Å². The van der Waals surface area contributed by atoms with Crippen molar-refractivity contribution in [1.29, 1.82) is 0 Å². The van der Waals surface area contributed by atoms with Crippen LogP contribution in [0.3, 0.4) is 0 Å². The standard InChI is InChI=1S/C7H10N2O3S2/c1-2-3-11-5(10)4-14-7-9-8-6(13)12-7/h2-4H2,1H3,(H,8,13). The van der Waals surface area contributed by atoms with Crippen molar-refractivity contribution < 1.29 is 13.9 Å². The summed E-state index contributed by atoms with van der Waals surface area (Å²) in [6, 6.07) is 0. The number of carbonyl (C=O) groups excluding carboxylic acids is 1. The van der Waals surface area contributed by atoms with Crippen molar-refractivity contribution in [2.24, 2.45) is 0 Å². The van der Waals surface area contributed by atoms with E-state index >= 15 is 0 Å². The highest BCUT2D eigenvalue weighted by Crippen LogP contribution is 2.14. The van der Waals surface area contributed by atoms with E-state index in [1.54, 1.807) is 0 Å². The Morgan fingerprint density at radius 1 is 1.79 bits per heavy atom. The summed E-state index contributed by atoms with van der Waals surface area (Å²) in [6.45, 7) is 2.39. The molecule has 0 saturated heterocycles. The first-order valence-corrected chi connectivity index (χ1v) is 5.45. The fourth-order valence-electron chi connectivity index (χ4n) is 0.656. The number of hydrogen-bond acceptors (Lipinski definition) is 6. The number of ether oxygens (including phenoxy) is 1. The summed E-state index contributed by atoms with van der Waals surface area (Å²) in [5.41, 5.74) is 0. The lowest BCUT2D eigenvalue weighted by molar-refractivity contribution is -0.140. The average Bonchev–Trinajstić information content (AvgIpc) is 2.58. The minimum Gasteiger partial charge on any atom is -0.465 e. The zero-order valence-corrected chi connectivity index (χ0v) is 9.24. The number of H-pyrrole nitrogens is 1. The molecule has 0 aliphatic rings. The van der Waals surface area contributed by atoms with Crippen LogP contribution in [-0.4, -0.2) is 28.5 Å². The molecule has 0 unspecified atom stereocenters. The van der Waals surface area contributed by atoms with Crippen LogP contribution in [-0.2, 0) is 9.53 Å². The first-order chi connectivity index (χ1) is 6.72. The molecule has 1 rings (SSSR count). The van der Waals surface area contributed by atoms with E-state index in [2.05, 4.69) is 22.4 Å². The van der Waals surface area contributed by atoms with Gasteiger partial charge in [0.2, 0.25) is 0 Å². The summed E-state index contributed by atoms with van der Waals surface area (Å²) in [4.78, 5) is 11.2. The number of thioether (sulfide) groups is 1. The van der Waals surface area contributed by atoms with Gasteiger partial charge in [0.1, 0.15) is 5.75 Å². The SMILES string of the molecule is CCCOC(=O)CSc1n[nH]c(=S)o1. The maximum Gasteiger partial charge on any atom is 0.316 e. The highest BCUT2D eigenvalue weighted by Gasteiger charge is 2.06. The summed E-state index contributed by atoms with van der Waals surface area (Å²) in [5, 5.41) is 6.54. The van der Waals surface area contributed by atoms with E-state index in [1.807, 2.05) is 6.92 Å². The molecule has 78 valence electrons. The smallest absolute Gasteiger partial charge is 0.316 e. The fraction of sp³-hybridized carbons (Fsp3) is 0.571. The summed E-state index contributed by atoms with van der Waals surface area (Å²) < 4.78 is 9.80. The molecule has 0 aromatic carbocycles. The molecular formula is C7H10N2O3S2. The lowest BCUT2D eigenvalue weighted by Gasteiger charge is -1.99. The van der Waals surface area contributed by atoms with Gasteiger partial charge in [-0.1, -0.05) is 18.7 Å². The molecule has 1 heterocycles. The molecular weight excluding hydrogens is 224 g/mol.